The van der Waals surface area contributed by atoms with E-state index in [-0.39, 0.29) is 24.7 Å². The van der Waals surface area contributed by atoms with Crippen LogP contribution in [0.1, 0.15) is 24.8 Å². The maximum Gasteiger partial charge on any atom is 0.225 e. The van der Waals surface area contributed by atoms with Gasteiger partial charge in [-0.2, -0.15) is 5.10 Å². The predicted octanol–water partition coefficient (Wildman–Crippen LogP) is 5.01. The van der Waals surface area contributed by atoms with Gasteiger partial charge in [0, 0.05) is 48.4 Å². The highest BCUT2D eigenvalue weighted by molar-refractivity contribution is 6.30. The van der Waals surface area contributed by atoms with E-state index in [0.717, 1.165) is 22.5 Å². The van der Waals surface area contributed by atoms with E-state index in [4.69, 9.17) is 11.6 Å². The van der Waals surface area contributed by atoms with Gasteiger partial charge < -0.3 is 10.6 Å². The van der Waals surface area contributed by atoms with E-state index in [1.165, 1.54) is 0 Å². The fourth-order valence-electron chi connectivity index (χ4n) is 3.41. The van der Waals surface area contributed by atoms with Crippen molar-refractivity contribution in [3.05, 3.63) is 95.8 Å². The summed E-state index contributed by atoms with van der Waals surface area (Å²) < 4.78 is 1.68. The number of hydrogen-bond donors (Lipinski definition) is 2. The first-order valence-electron chi connectivity index (χ1n) is 11.0. The van der Waals surface area contributed by atoms with Gasteiger partial charge in [-0.3, -0.25) is 14.6 Å². The van der Waals surface area contributed by atoms with Gasteiger partial charge in [-0.05, 0) is 42.3 Å². The van der Waals surface area contributed by atoms with Crippen molar-refractivity contribution in [3.63, 3.8) is 0 Å². The number of aromatic nitrogens is 3. The Morgan fingerprint density at radius 1 is 0.912 bits per heavy atom. The number of nitrogens with zero attached hydrogens (tertiary/aromatic N) is 3. The third-order valence-electron chi connectivity index (χ3n) is 5.14. The standard InChI is InChI=1S/C26H24ClN5O2/c27-21-11-13-22(14-12-21)32-24(16-23(31-32)20-7-2-1-3-8-20)30-26(34)10-4-9-25(33)29-18-19-6-5-15-28-17-19/h1-3,5-8,11-17H,4,9-10,18H2,(H,29,33)(H,30,34). The zero-order valence-corrected chi connectivity index (χ0v) is 19.2. The van der Waals surface area contributed by atoms with Gasteiger partial charge in [-0.1, -0.05) is 48.0 Å². The Labute approximate surface area is 202 Å². The molecule has 2 aromatic carbocycles. The zero-order chi connectivity index (χ0) is 23.8. The predicted molar refractivity (Wildman–Crippen MR) is 133 cm³/mol. The number of benzene rings is 2. The van der Waals surface area contributed by atoms with Gasteiger partial charge in [0.1, 0.15) is 5.82 Å². The summed E-state index contributed by atoms with van der Waals surface area (Å²) in [7, 11) is 0. The van der Waals surface area contributed by atoms with Crippen molar-refractivity contribution in [2.75, 3.05) is 5.32 Å². The lowest BCUT2D eigenvalue weighted by molar-refractivity contribution is -0.121. The summed E-state index contributed by atoms with van der Waals surface area (Å²) in [5.74, 6) is 0.260. The number of anilines is 1. The molecular weight excluding hydrogens is 450 g/mol. The largest absolute Gasteiger partial charge is 0.352 e. The summed E-state index contributed by atoms with van der Waals surface area (Å²) in [4.78, 5) is 28.8. The molecule has 2 amide bonds. The van der Waals surface area contributed by atoms with Gasteiger partial charge in [0.05, 0.1) is 11.4 Å². The minimum atomic E-state index is -0.185. The second kappa shape index (κ2) is 11.2. The molecular formula is C26H24ClN5O2. The average Bonchev–Trinajstić information content (AvgIpc) is 3.28. The highest BCUT2D eigenvalue weighted by Crippen LogP contribution is 2.25. The molecule has 34 heavy (non-hydrogen) atoms. The number of pyridine rings is 1. The van der Waals surface area contributed by atoms with Crippen molar-refractivity contribution in [3.8, 4) is 16.9 Å². The molecule has 8 heteroatoms. The van der Waals surface area contributed by atoms with E-state index in [9.17, 15) is 9.59 Å². The SMILES string of the molecule is O=C(CCCC(=O)Nc1cc(-c2ccccc2)nn1-c1ccc(Cl)cc1)NCc1cccnc1. The van der Waals surface area contributed by atoms with Crippen LogP contribution >= 0.6 is 11.6 Å². The van der Waals surface area contributed by atoms with Crippen LogP contribution in [0.15, 0.2) is 85.2 Å². The lowest BCUT2D eigenvalue weighted by Gasteiger charge is -2.09. The molecule has 0 aliphatic carbocycles. The van der Waals surface area contributed by atoms with Crippen molar-refractivity contribution in [1.82, 2.24) is 20.1 Å². The molecule has 0 atom stereocenters. The Bertz CT molecular complexity index is 1240. The van der Waals surface area contributed by atoms with Crippen LogP contribution in [-0.2, 0) is 16.1 Å². The normalized spacial score (nSPS) is 10.6. The maximum absolute atomic E-state index is 12.6. The zero-order valence-electron chi connectivity index (χ0n) is 18.4. The van der Waals surface area contributed by atoms with Crippen LogP contribution in [0.4, 0.5) is 5.82 Å². The summed E-state index contributed by atoms with van der Waals surface area (Å²) in [6.07, 6.45) is 4.31. The molecule has 0 saturated heterocycles. The lowest BCUT2D eigenvalue weighted by Crippen LogP contribution is -2.23. The summed E-state index contributed by atoms with van der Waals surface area (Å²) in [5.41, 5.74) is 3.38. The topological polar surface area (TPSA) is 88.9 Å². The quantitative estimate of drug-likeness (QED) is 0.357. The van der Waals surface area contributed by atoms with Crippen LogP contribution < -0.4 is 10.6 Å². The van der Waals surface area contributed by atoms with Crippen LogP contribution in [0, 0.1) is 0 Å². The molecule has 2 aromatic heterocycles. The van der Waals surface area contributed by atoms with Gasteiger partial charge in [0.2, 0.25) is 11.8 Å². The molecule has 4 rings (SSSR count). The highest BCUT2D eigenvalue weighted by Gasteiger charge is 2.14. The van der Waals surface area contributed by atoms with Gasteiger partial charge in [-0.15, -0.1) is 0 Å². The number of carbonyl (C=O) groups is 2. The van der Waals surface area contributed by atoms with E-state index in [0.29, 0.717) is 23.8 Å². The van der Waals surface area contributed by atoms with Crippen LogP contribution in [0.3, 0.4) is 0 Å². The molecule has 0 aliphatic rings. The van der Waals surface area contributed by atoms with Crippen LogP contribution in [0.25, 0.3) is 16.9 Å². The third kappa shape index (κ3) is 6.30. The van der Waals surface area contributed by atoms with Crippen molar-refractivity contribution in [2.45, 2.75) is 25.8 Å². The average molecular weight is 474 g/mol. The van der Waals surface area contributed by atoms with Crippen molar-refractivity contribution in [1.29, 1.82) is 0 Å². The first kappa shape index (κ1) is 23.2. The van der Waals surface area contributed by atoms with Gasteiger partial charge in [0.25, 0.3) is 0 Å². The lowest BCUT2D eigenvalue weighted by atomic mass is 10.1. The van der Waals surface area contributed by atoms with E-state index < -0.39 is 0 Å². The van der Waals surface area contributed by atoms with Crippen molar-refractivity contribution in [2.24, 2.45) is 0 Å². The monoisotopic (exact) mass is 473 g/mol. The molecule has 4 aromatic rings. The number of hydrogen-bond acceptors (Lipinski definition) is 4. The van der Waals surface area contributed by atoms with Gasteiger partial charge in [-0.25, -0.2) is 4.68 Å². The Kier molecular flexibility index (Phi) is 7.67. The van der Waals surface area contributed by atoms with Gasteiger partial charge >= 0.3 is 0 Å². The molecule has 0 bridgehead atoms. The maximum atomic E-state index is 12.6. The Morgan fingerprint density at radius 3 is 2.41 bits per heavy atom. The molecule has 2 N–H and O–H groups in total. The molecule has 0 fully saturated rings. The minimum Gasteiger partial charge on any atom is -0.352 e. The number of rotatable bonds is 9. The smallest absolute Gasteiger partial charge is 0.225 e. The molecule has 0 radical (unpaired) electrons. The summed E-state index contributed by atoms with van der Waals surface area (Å²) >= 11 is 6.03. The molecule has 7 nitrogen and oxygen atoms in total. The minimum absolute atomic E-state index is 0.103. The Balaban J connectivity index is 1.38. The molecule has 2 heterocycles. The van der Waals surface area contributed by atoms with Crippen molar-refractivity contribution >= 4 is 29.2 Å². The molecule has 0 saturated carbocycles. The number of halogens is 1. The first-order chi connectivity index (χ1) is 16.6. The fourth-order valence-corrected chi connectivity index (χ4v) is 3.53. The number of amides is 2. The summed E-state index contributed by atoms with van der Waals surface area (Å²) in [5, 5.41) is 11.1. The molecule has 0 aliphatic heterocycles. The van der Waals surface area contributed by atoms with E-state index in [2.05, 4.69) is 20.7 Å². The van der Waals surface area contributed by atoms with E-state index in [1.54, 1.807) is 29.2 Å². The highest BCUT2D eigenvalue weighted by atomic mass is 35.5. The Morgan fingerprint density at radius 2 is 1.68 bits per heavy atom. The molecule has 172 valence electrons. The molecule has 0 unspecified atom stereocenters. The third-order valence-corrected chi connectivity index (χ3v) is 5.39. The van der Waals surface area contributed by atoms with E-state index >= 15 is 0 Å². The first-order valence-corrected chi connectivity index (χ1v) is 11.3. The van der Waals surface area contributed by atoms with Crippen LogP contribution in [0.5, 0.6) is 0 Å². The van der Waals surface area contributed by atoms with Crippen LogP contribution in [0.2, 0.25) is 5.02 Å². The molecule has 0 spiro atoms. The van der Waals surface area contributed by atoms with Gasteiger partial charge in [0.15, 0.2) is 0 Å². The number of carbonyl (C=O) groups excluding carboxylic acids is 2. The van der Waals surface area contributed by atoms with E-state index in [1.807, 2.05) is 60.7 Å². The fraction of sp³-hybridized carbons (Fsp3) is 0.154. The Hall–Kier alpha value is -3.97. The summed E-state index contributed by atoms with van der Waals surface area (Å²) in [6, 6.07) is 22.5. The second-order valence-corrected chi connectivity index (χ2v) is 8.15. The number of nitrogens with one attached hydrogen (secondary N) is 2. The van der Waals surface area contributed by atoms with Crippen LogP contribution in [-0.4, -0.2) is 26.6 Å². The second-order valence-electron chi connectivity index (χ2n) is 7.71. The summed E-state index contributed by atoms with van der Waals surface area (Å²) in [6.45, 7) is 0.418. The van der Waals surface area contributed by atoms with Crippen molar-refractivity contribution < 1.29 is 9.59 Å².